The first-order valence-corrected chi connectivity index (χ1v) is 5.75. The van der Waals surface area contributed by atoms with Crippen LogP contribution in [0.2, 0.25) is 0 Å². The van der Waals surface area contributed by atoms with Crippen molar-refractivity contribution < 1.29 is 9.59 Å². The molecule has 0 bridgehead atoms. The fourth-order valence-electron chi connectivity index (χ4n) is 1.96. The summed E-state index contributed by atoms with van der Waals surface area (Å²) in [6.07, 6.45) is 3.45. The van der Waals surface area contributed by atoms with Gasteiger partial charge in [0.1, 0.15) is 0 Å². The molecule has 1 saturated carbocycles. The lowest BCUT2D eigenvalue weighted by Crippen LogP contribution is -2.43. The average molecular weight is 210 g/mol. The van der Waals surface area contributed by atoms with E-state index in [-0.39, 0.29) is 23.9 Å². The largest absolute Gasteiger partial charge is 0.303 e. The highest BCUT2D eigenvalue weighted by Crippen LogP contribution is 2.24. The van der Waals surface area contributed by atoms with Crippen LogP contribution in [0.15, 0.2) is 0 Å². The van der Waals surface area contributed by atoms with E-state index < -0.39 is 0 Å². The molecule has 1 aliphatic carbocycles. The van der Waals surface area contributed by atoms with Gasteiger partial charge in [-0.15, -0.1) is 0 Å². The topological polar surface area (TPSA) is 49.4 Å². The monoisotopic (exact) mass is 210 g/mol. The number of amides is 2. The summed E-state index contributed by atoms with van der Waals surface area (Å²) in [6, 6.07) is 0.263. The molecule has 0 aromatic carbocycles. The van der Waals surface area contributed by atoms with E-state index in [1.807, 2.05) is 13.8 Å². The van der Waals surface area contributed by atoms with E-state index in [4.69, 9.17) is 0 Å². The van der Waals surface area contributed by atoms with Crippen LogP contribution in [0.4, 0.5) is 0 Å². The van der Waals surface area contributed by atoms with Gasteiger partial charge in [-0.3, -0.25) is 14.5 Å². The van der Waals surface area contributed by atoms with Gasteiger partial charge < -0.3 is 5.32 Å². The molecule has 0 spiro atoms. The minimum Gasteiger partial charge on any atom is -0.303 e. The molecule has 1 heterocycles. The normalized spacial score (nSPS) is 28.7. The Morgan fingerprint density at radius 1 is 1.47 bits per heavy atom. The Labute approximate surface area is 90.0 Å². The van der Waals surface area contributed by atoms with Crippen LogP contribution < -0.4 is 5.32 Å². The van der Waals surface area contributed by atoms with E-state index in [9.17, 15) is 9.59 Å². The SMILES string of the molecule is CCC(C)N1C(=O)CC(NC2CC2)C1=O. The van der Waals surface area contributed by atoms with Crippen molar-refractivity contribution in [2.75, 3.05) is 0 Å². The third kappa shape index (κ3) is 2.04. The molecule has 0 radical (unpaired) electrons. The Hall–Kier alpha value is -0.900. The average Bonchev–Trinajstić information content (AvgIpc) is 2.95. The van der Waals surface area contributed by atoms with Crippen molar-refractivity contribution in [1.82, 2.24) is 10.2 Å². The van der Waals surface area contributed by atoms with Crippen molar-refractivity contribution in [2.24, 2.45) is 0 Å². The minimum atomic E-state index is -0.251. The number of hydrogen-bond donors (Lipinski definition) is 1. The van der Waals surface area contributed by atoms with Crippen LogP contribution >= 0.6 is 0 Å². The molecule has 2 atom stereocenters. The quantitative estimate of drug-likeness (QED) is 0.694. The van der Waals surface area contributed by atoms with Crippen LogP contribution in [0.25, 0.3) is 0 Å². The van der Waals surface area contributed by atoms with Crippen LogP contribution in [0.3, 0.4) is 0 Å². The number of nitrogens with one attached hydrogen (secondary N) is 1. The van der Waals surface area contributed by atoms with Crippen molar-refractivity contribution in [3.05, 3.63) is 0 Å². The van der Waals surface area contributed by atoms with Crippen LogP contribution in [0.5, 0.6) is 0 Å². The maximum absolute atomic E-state index is 11.9. The van der Waals surface area contributed by atoms with Gasteiger partial charge in [0.15, 0.2) is 0 Å². The number of hydrogen-bond acceptors (Lipinski definition) is 3. The molecular formula is C11H18N2O2. The molecule has 0 aromatic rings. The predicted molar refractivity (Wildman–Crippen MR) is 56.2 cm³/mol. The molecule has 1 N–H and O–H groups in total. The summed E-state index contributed by atoms with van der Waals surface area (Å²) in [5.74, 6) is -0.0475. The molecule has 2 unspecified atom stereocenters. The van der Waals surface area contributed by atoms with Crippen LogP contribution in [-0.2, 0) is 9.59 Å². The van der Waals surface area contributed by atoms with Crippen molar-refractivity contribution in [2.45, 2.75) is 57.7 Å². The molecule has 4 heteroatoms. The highest BCUT2D eigenvalue weighted by Gasteiger charge is 2.42. The van der Waals surface area contributed by atoms with E-state index in [1.54, 1.807) is 0 Å². The van der Waals surface area contributed by atoms with Crippen molar-refractivity contribution in [3.63, 3.8) is 0 Å². The number of nitrogens with zero attached hydrogens (tertiary/aromatic N) is 1. The van der Waals surface area contributed by atoms with Crippen LogP contribution in [-0.4, -0.2) is 34.8 Å². The van der Waals surface area contributed by atoms with E-state index in [0.717, 1.165) is 19.3 Å². The Morgan fingerprint density at radius 3 is 2.67 bits per heavy atom. The highest BCUT2D eigenvalue weighted by molar-refractivity contribution is 6.05. The van der Waals surface area contributed by atoms with E-state index in [1.165, 1.54) is 4.90 Å². The first-order valence-electron chi connectivity index (χ1n) is 5.75. The standard InChI is InChI=1S/C11H18N2O2/c1-3-7(2)13-10(14)6-9(11(13)15)12-8-4-5-8/h7-9,12H,3-6H2,1-2H3. The van der Waals surface area contributed by atoms with Crippen molar-refractivity contribution in [1.29, 1.82) is 0 Å². The molecule has 2 aliphatic rings. The van der Waals surface area contributed by atoms with Crippen LogP contribution in [0, 0.1) is 0 Å². The molecule has 84 valence electrons. The lowest BCUT2D eigenvalue weighted by molar-refractivity contribution is -0.141. The third-order valence-corrected chi connectivity index (χ3v) is 3.23. The fraction of sp³-hybridized carbons (Fsp3) is 0.818. The zero-order valence-electron chi connectivity index (χ0n) is 9.32. The van der Waals surface area contributed by atoms with Gasteiger partial charge in [-0.2, -0.15) is 0 Å². The summed E-state index contributed by atoms with van der Waals surface area (Å²) in [7, 11) is 0. The van der Waals surface area contributed by atoms with Gasteiger partial charge in [-0.25, -0.2) is 0 Å². The Morgan fingerprint density at radius 2 is 2.13 bits per heavy atom. The first kappa shape index (κ1) is 10.6. The molecule has 2 fully saturated rings. The molecule has 1 saturated heterocycles. The van der Waals surface area contributed by atoms with E-state index in [0.29, 0.717) is 12.5 Å². The van der Waals surface area contributed by atoms with Gasteiger partial charge in [0, 0.05) is 12.1 Å². The number of carbonyl (C=O) groups is 2. The fourth-order valence-corrected chi connectivity index (χ4v) is 1.96. The van der Waals surface area contributed by atoms with Gasteiger partial charge in [0.05, 0.1) is 12.5 Å². The summed E-state index contributed by atoms with van der Waals surface area (Å²) in [4.78, 5) is 25.0. The number of carbonyl (C=O) groups excluding carboxylic acids is 2. The maximum Gasteiger partial charge on any atom is 0.247 e. The molecule has 4 nitrogen and oxygen atoms in total. The summed E-state index contributed by atoms with van der Waals surface area (Å²) < 4.78 is 0. The molecule has 0 aromatic heterocycles. The molecule has 2 amide bonds. The zero-order valence-corrected chi connectivity index (χ0v) is 9.32. The van der Waals surface area contributed by atoms with E-state index >= 15 is 0 Å². The van der Waals surface area contributed by atoms with Gasteiger partial charge >= 0.3 is 0 Å². The first-order chi connectivity index (χ1) is 7.13. The van der Waals surface area contributed by atoms with Crippen LogP contribution in [0.1, 0.15) is 39.5 Å². The Bertz CT molecular complexity index is 286. The maximum atomic E-state index is 11.9. The minimum absolute atomic E-state index is 0.0208. The number of imide groups is 1. The predicted octanol–water partition coefficient (Wildman–Crippen LogP) is 0.664. The molecule has 2 rings (SSSR count). The summed E-state index contributed by atoms with van der Waals surface area (Å²) in [6.45, 7) is 3.92. The Kier molecular flexibility index (Phi) is 2.78. The van der Waals surface area contributed by atoms with Gasteiger partial charge in [-0.1, -0.05) is 6.92 Å². The number of rotatable bonds is 4. The second-order valence-electron chi connectivity index (χ2n) is 4.56. The highest BCUT2D eigenvalue weighted by atomic mass is 16.2. The van der Waals surface area contributed by atoms with E-state index in [2.05, 4.69) is 5.32 Å². The molecule has 1 aliphatic heterocycles. The summed E-state index contributed by atoms with van der Waals surface area (Å²) >= 11 is 0. The smallest absolute Gasteiger partial charge is 0.247 e. The van der Waals surface area contributed by atoms with Crippen molar-refractivity contribution in [3.8, 4) is 0 Å². The summed E-state index contributed by atoms with van der Waals surface area (Å²) in [5, 5.41) is 3.23. The second kappa shape index (κ2) is 3.93. The molecular weight excluding hydrogens is 192 g/mol. The number of likely N-dealkylation sites (tertiary alicyclic amines) is 1. The third-order valence-electron chi connectivity index (χ3n) is 3.23. The van der Waals surface area contributed by atoms with Gasteiger partial charge in [-0.05, 0) is 26.2 Å². The van der Waals surface area contributed by atoms with Gasteiger partial charge in [0.25, 0.3) is 0 Å². The summed E-state index contributed by atoms with van der Waals surface area (Å²) in [5.41, 5.74) is 0. The zero-order chi connectivity index (χ0) is 11.0. The Balaban J connectivity index is 2.01. The lowest BCUT2D eigenvalue weighted by atomic mass is 10.2. The van der Waals surface area contributed by atoms with Crippen molar-refractivity contribution >= 4 is 11.8 Å². The molecule has 15 heavy (non-hydrogen) atoms. The lowest BCUT2D eigenvalue weighted by Gasteiger charge is -2.21. The second-order valence-corrected chi connectivity index (χ2v) is 4.56. The van der Waals surface area contributed by atoms with Gasteiger partial charge in [0.2, 0.25) is 11.8 Å².